The van der Waals surface area contributed by atoms with Crippen LogP contribution in [0, 0.1) is 5.92 Å². The summed E-state index contributed by atoms with van der Waals surface area (Å²) in [7, 11) is 0. The van der Waals surface area contributed by atoms with Crippen LogP contribution in [-0.2, 0) is 0 Å². The van der Waals surface area contributed by atoms with E-state index in [4.69, 9.17) is 0 Å². The van der Waals surface area contributed by atoms with Gasteiger partial charge in [0.15, 0.2) is 0 Å². The highest BCUT2D eigenvalue weighted by Crippen LogP contribution is 2.38. The van der Waals surface area contributed by atoms with Crippen LogP contribution >= 0.6 is 24.8 Å². The highest BCUT2D eigenvalue weighted by molar-refractivity contribution is 5.85. The van der Waals surface area contributed by atoms with E-state index in [-0.39, 0.29) is 24.8 Å². The van der Waals surface area contributed by atoms with Gasteiger partial charge in [0, 0.05) is 12.1 Å². The molecule has 2 aliphatic rings. The van der Waals surface area contributed by atoms with Crippen LogP contribution in [0.4, 0.5) is 0 Å². The van der Waals surface area contributed by atoms with Gasteiger partial charge in [-0.1, -0.05) is 42.0 Å². The van der Waals surface area contributed by atoms with E-state index in [0.29, 0.717) is 0 Å². The molecule has 2 atom stereocenters. The first-order chi connectivity index (χ1) is 9.33. The van der Waals surface area contributed by atoms with Gasteiger partial charge < -0.3 is 10.6 Å². The zero-order chi connectivity index (χ0) is 13.1. The summed E-state index contributed by atoms with van der Waals surface area (Å²) < 4.78 is 0. The van der Waals surface area contributed by atoms with Gasteiger partial charge in [-0.2, -0.15) is 0 Å². The van der Waals surface area contributed by atoms with Crippen LogP contribution in [0.15, 0.2) is 35.9 Å². The van der Waals surface area contributed by atoms with E-state index >= 15 is 0 Å². The second-order valence-electron chi connectivity index (χ2n) is 5.94. The number of piperidine rings is 1. The Kier molecular flexibility index (Phi) is 7.75. The third-order valence-corrected chi connectivity index (χ3v) is 4.36. The van der Waals surface area contributed by atoms with Crippen LogP contribution in [0.2, 0.25) is 0 Å². The average Bonchev–Trinajstić information content (AvgIpc) is 3.20. The first-order valence-corrected chi connectivity index (χ1v) is 7.53. The van der Waals surface area contributed by atoms with E-state index in [2.05, 4.69) is 54.0 Å². The fourth-order valence-corrected chi connectivity index (χ4v) is 3.09. The summed E-state index contributed by atoms with van der Waals surface area (Å²) in [6.45, 7) is 4.63. The molecular formula is C17H26Cl2N2. The quantitative estimate of drug-likeness (QED) is 0.881. The number of benzene rings is 1. The molecule has 21 heavy (non-hydrogen) atoms. The molecule has 1 aromatic carbocycles. The molecule has 0 amide bonds. The highest BCUT2D eigenvalue weighted by Gasteiger charge is 2.39. The summed E-state index contributed by atoms with van der Waals surface area (Å²) in [5.74, 6) is 0.759. The van der Waals surface area contributed by atoms with Crippen molar-refractivity contribution in [1.82, 2.24) is 10.6 Å². The van der Waals surface area contributed by atoms with Gasteiger partial charge in [0.25, 0.3) is 0 Å². The van der Waals surface area contributed by atoms with E-state index in [0.717, 1.165) is 18.0 Å². The lowest BCUT2D eigenvalue weighted by Crippen LogP contribution is -2.41. The Morgan fingerprint density at radius 1 is 1.14 bits per heavy atom. The molecule has 118 valence electrons. The molecule has 1 saturated carbocycles. The van der Waals surface area contributed by atoms with Crippen LogP contribution in [0.25, 0.3) is 6.08 Å². The maximum Gasteiger partial charge on any atom is 0.0142 e. The molecule has 0 radical (unpaired) electrons. The number of hydrogen-bond acceptors (Lipinski definition) is 2. The van der Waals surface area contributed by atoms with Gasteiger partial charge >= 0.3 is 0 Å². The molecular weight excluding hydrogens is 303 g/mol. The van der Waals surface area contributed by atoms with E-state index in [1.807, 2.05) is 0 Å². The second kappa shape index (κ2) is 8.79. The summed E-state index contributed by atoms with van der Waals surface area (Å²) in [4.78, 5) is 0. The molecule has 0 aromatic heterocycles. The van der Waals surface area contributed by atoms with Crippen molar-refractivity contribution in [2.75, 3.05) is 13.1 Å². The van der Waals surface area contributed by atoms with Crippen molar-refractivity contribution in [2.45, 2.75) is 38.3 Å². The van der Waals surface area contributed by atoms with Crippen molar-refractivity contribution in [1.29, 1.82) is 0 Å². The first kappa shape index (κ1) is 18.5. The van der Waals surface area contributed by atoms with Crippen molar-refractivity contribution in [3.63, 3.8) is 0 Å². The minimum atomic E-state index is 0. The third kappa shape index (κ3) is 5.30. The summed E-state index contributed by atoms with van der Waals surface area (Å²) in [5, 5.41) is 7.25. The zero-order valence-electron chi connectivity index (χ0n) is 12.5. The predicted molar refractivity (Wildman–Crippen MR) is 95.5 cm³/mol. The van der Waals surface area contributed by atoms with Gasteiger partial charge in [-0.3, -0.25) is 0 Å². The molecule has 2 nitrogen and oxygen atoms in total. The third-order valence-electron chi connectivity index (χ3n) is 4.36. The van der Waals surface area contributed by atoms with Crippen LogP contribution < -0.4 is 10.6 Å². The maximum absolute atomic E-state index is 3.83. The number of hydrogen-bond donors (Lipinski definition) is 2. The van der Waals surface area contributed by atoms with Crippen LogP contribution in [0.5, 0.6) is 0 Å². The van der Waals surface area contributed by atoms with Crippen LogP contribution in [-0.4, -0.2) is 25.2 Å². The number of halogens is 2. The van der Waals surface area contributed by atoms with Gasteiger partial charge in [0.1, 0.15) is 0 Å². The Morgan fingerprint density at radius 3 is 2.48 bits per heavy atom. The predicted octanol–water partition coefficient (Wildman–Crippen LogP) is 3.66. The molecule has 1 aliphatic heterocycles. The summed E-state index contributed by atoms with van der Waals surface area (Å²) >= 11 is 0. The summed E-state index contributed by atoms with van der Waals surface area (Å²) in [5.41, 5.74) is 2.85. The molecule has 2 unspecified atom stereocenters. The van der Waals surface area contributed by atoms with E-state index in [1.54, 1.807) is 0 Å². The normalized spacial score (nSPS) is 25.7. The highest BCUT2D eigenvalue weighted by atomic mass is 35.5. The van der Waals surface area contributed by atoms with Crippen molar-refractivity contribution in [3.05, 3.63) is 41.5 Å². The van der Waals surface area contributed by atoms with Crippen molar-refractivity contribution < 1.29 is 0 Å². The lowest BCUT2D eigenvalue weighted by molar-refractivity contribution is 0.381. The Bertz CT molecular complexity index is 441. The average molecular weight is 329 g/mol. The molecule has 1 aromatic rings. The smallest absolute Gasteiger partial charge is 0.0142 e. The Labute approximate surface area is 140 Å². The Morgan fingerprint density at radius 2 is 1.81 bits per heavy atom. The molecule has 1 heterocycles. The monoisotopic (exact) mass is 328 g/mol. The number of rotatable bonds is 4. The maximum atomic E-state index is 3.83. The van der Waals surface area contributed by atoms with Gasteiger partial charge in [-0.15, -0.1) is 24.8 Å². The lowest BCUT2D eigenvalue weighted by atomic mass is 10.1. The van der Waals surface area contributed by atoms with Gasteiger partial charge in [-0.25, -0.2) is 0 Å². The standard InChI is InChI=1S/C17H24N2.2ClH/c1-13(11-14-5-3-2-4-6-14)16-12-17(16)19-15-7-9-18-10-8-15;;/h2-6,11,15-19H,7-10,12H2,1H3;2*1H/b13-11+;;. The molecule has 1 saturated heterocycles. The van der Waals surface area contributed by atoms with E-state index in [9.17, 15) is 0 Å². The second-order valence-corrected chi connectivity index (χ2v) is 5.94. The molecule has 3 rings (SSSR count). The fraction of sp³-hybridized carbons (Fsp3) is 0.529. The summed E-state index contributed by atoms with van der Waals surface area (Å²) in [6.07, 6.45) is 6.23. The molecule has 2 fully saturated rings. The first-order valence-electron chi connectivity index (χ1n) is 7.53. The van der Waals surface area contributed by atoms with E-state index < -0.39 is 0 Å². The van der Waals surface area contributed by atoms with Crippen molar-refractivity contribution >= 4 is 30.9 Å². The van der Waals surface area contributed by atoms with Crippen molar-refractivity contribution in [3.8, 4) is 0 Å². The van der Waals surface area contributed by atoms with E-state index in [1.165, 1.54) is 43.5 Å². The van der Waals surface area contributed by atoms with Gasteiger partial charge in [0.05, 0.1) is 0 Å². The molecule has 4 heteroatoms. The zero-order valence-corrected chi connectivity index (χ0v) is 14.2. The van der Waals surface area contributed by atoms with Crippen molar-refractivity contribution in [2.24, 2.45) is 5.92 Å². The molecule has 0 bridgehead atoms. The minimum Gasteiger partial charge on any atom is -0.317 e. The SMILES string of the molecule is C/C(=C\c1ccccc1)C1CC1NC1CCNCC1.Cl.Cl. The topological polar surface area (TPSA) is 24.1 Å². The minimum absolute atomic E-state index is 0. The molecule has 0 spiro atoms. The molecule has 2 N–H and O–H groups in total. The summed E-state index contributed by atoms with van der Waals surface area (Å²) in [6, 6.07) is 12.1. The lowest BCUT2D eigenvalue weighted by Gasteiger charge is -2.24. The van der Waals surface area contributed by atoms with Crippen LogP contribution in [0.1, 0.15) is 31.7 Å². The molecule has 1 aliphatic carbocycles. The largest absolute Gasteiger partial charge is 0.317 e. The van der Waals surface area contributed by atoms with Crippen LogP contribution in [0.3, 0.4) is 0 Å². The fourth-order valence-electron chi connectivity index (χ4n) is 3.09. The Hall–Kier alpha value is -0.540. The van der Waals surface area contributed by atoms with Gasteiger partial charge in [-0.05, 0) is 50.8 Å². The Balaban J connectivity index is 0.00000110. The number of nitrogens with one attached hydrogen (secondary N) is 2. The van der Waals surface area contributed by atoms with Gasteiger partial charge in [0.2, 0.25) is 0 Å².